The van der Waals surface area contributed by atoms with E-state index in [1.807, 2.05) is 4.90 Å². The lowest BCUT2D eigenvalue weighted by atomic mass is 9.77. The number of carbonyl (C=O) groups excluding carboxylic acids is 2. The van der Waals surface area contributed by atoms with Crippen molar-refractivity contribution in [2.45, 2.75) is 25.7 Å². The van der Waals surface area contributed by atoms with E-state index in [1.165, 1.54) is 0 Å². The quantitative estimate of drug-likeness (QED) is 0.687. The minimum Gasteiger partial charge on any atom is -0.385 e. The molecule has 3 rings (SSSR count). The molecule has 9 nitrogen and oxygen atoms in total. The minimum absolute atomic E-state index is 0.0655. The number of hydrogen-bond donors (Lipinski definition) is 2. The molecule has 0 saturated carbocycles. The zero-order valence-corrected chi connectivity index (χ0v) is 14.9. The van der Waals surface area contributed by atoms with E-state index in [0.29, 0.717) is 32.7 Å². The van der Waals surface area contributed by atoms with Crippen LogP contribution in [-0.2, 0) is 9.53 Å². The first kappa shape index (κ1) is 18.4. The van der Waals surface area contributed by atoms with Crippen LogP contribution in [-0.4, -0.2) is 71.5 Å². The average Bonchev–Trinajstić information content (AvgIpc) is 2.90. The van der Waals surface area contributed by atoms with E-state index >= 15 is 0 Å². The summed E-state index contributed by atoms with van der Waals surface area (Å²) in [5, 5.41) is 0. The van der Waals surface area contributed by atoms with E-state index in [0.717, 1.165) is 32.0 Å². The summed E-state index contributed by atoms with van der Waals surface area (Å²) >= 11 is 0. The third-order valence-corrected chi connectivity index (χ3v) is 5.34. The number of aromatic amines is 2. The summed E-state index contributed by atoms with van der Waals surface area (Å²) in [6.07, 6.45) is 3.95. The Morgan fingerprint density at radius 1 is 1.27 bits per heavy atom. The number of H-pyrrole nitrogens is 2. The number of piperidine rings is 1. The van der Waals surface area contributed by atoms with Gasteiger partial charge >= 0.3 is 5.69 Å². The van der Waals surface area contributed by atoms with Crippen LogP contribution in [0.1, 0.15) is 36.0 Å². The van der Waals surface area contributed by atoms with E-state index in [1.54, 1.807) is 12.0 Å². The summed E-state index contributed by atoms with van der Waals surface area (Å²) in [6.45, 7) is 3.04. The van der Waals surface area contributed by atoms with Gasteiger partial charge in [-0.3, -0.25) is 19.4 Å². The maximum absolute atomic E-state index is 12.5. The highest BCUT2D eigenvalue weighted by Gasteiger charge is 2.45. The first-order valence-corrected chi connectivity index (χ1v) is 8.82. The lowest BCUT2D eigenvalue weighted by molar-refractivity contribution is -0.128. The number of rotatable bonds is 5. The van der Waals surface area contributed by atoms with Crippen molar-refractivity contribution in [1.29, 1.82) is 0 Å². The number of methoxy groups -OCH3 is 1. The first-order valence-electron chi connectivity index (χ1n) is 8.82. The largest absolute Gasteiger partial charge is 0.385 e. The number of ether oxygens (including phenoxy) is 1. The molecule has 9 heteroatoms. The van der Waals surface area contributed by atoms with Crippen molar-refractivity contribution in [2.24, 2.45) is 5.41 Å². The molecule has 0 aromatic carbocycles. The van der Waals surface area contributed by atoms with Crippen LogP contribution >= 0.6 is 0 Å². The molecule has 2 saturated heterocycles. The van der Waals surface area contributed by atoms with E-state index in [-0.39, 0.29) is 16.9 Å². The van der Waals surface area contributed by atoms with Crippen molar-refractivity contribution in [3.05, 3.63) is 32.6 Å². The molecule has 26 heavy (non-hydrogen) atoms. The van der Waals surface area contributed by atoms with Gasteiger partial charge in [0.25, 0.3) is 11.5 Å². The Kier molecular flexibility index (Phi) is 5.26. The second-order valence-electron chi connectivity index (χ2n) is 7.12. The molecule has 1 spiro atoms. The minimum atomic E-state index is -0.681. The van der Waals surface area contributed by atoms with Gasteiger partial charge in [-0.05, 0) is 19.3 Å². The van der Waals surface area contributed by atoms with Gasteiger partial charge in [-0.15, -0.1) is 0 Å². The molecular weight excluding hydrogens is 340 g/mol. The molecule has 2 N–H and O–H groups in total. The van der Waals surface area contributed by atoms with Crippen molar-refractivity contribution in [3.63, 3.8) is 0 Å². The molecule has 0 atom stereocenters. The third kappa shape index (κ3) is 3.72. The Balaban J connectivity index is 1.60. The molecule has 0 bridgehead atoms. The number of carbonyl (C=O) groups is 2. The summed E-state index contributed by atoms with van der Waals surface area (Å²) in [5.74, 6) is -0.225. The van der Waals surface area contributed by atoms with Crippen molar-refractivity contribution in [3.8, 4) is 0 Å². The maximum atomic E-state index is 12.5. The Morgan fingerprint density at radius 3 is 2.65 bits per heavy atom. The first-order chi connectivity index (χ1) is 12.4. The molecule has 2 aliphatic rings. The molecule has 1 aromatic rings. The normalized spacial score (nSPS) is 19.3. The summed E-state index contributed by atoms with van der Waals surface area (Å²) in [5.41, 5.74) is -1.47. The highest BCUT2D eigenvalue weighted by atomic mass is 16.5. The standard InChI is InChI=1S/C17H24N4O5/c1-26-8-2-5-21-11-17(9-13(21)22)3-6-20(7-4-17)15(24)12-10-18-16(25)19-14(12)23/h10H,2-9,11H2,1H3,(H2,18,19,23,25). The molecule has 0 unspecified atom stereocenters. The number of hydrogen-bond acceptors (Lipinski definition) is 5. The molecular formula is C17H24N4O5. The smallest absolute Gasteiger partial charge is 0.325 e. The molecule has 2 amide bonds. The van der Waals surface area contributed by atoms with E-state index in [4.69, 9.17) is 4.74 Å². The summed E-state index contributed by atoms with van der Waals surface area (Å²) < 4.78 is 5.04. The number of nitrogens with zero attached hydrogens (tertiary/aromatic N) is 2. The molecule has 3 heterocycles. The maximum Gasteiger partial charge on any atom is 0.325 e. The van der Waals surface area contributed by atoms with Gasteiger partial charge in [0.15, 0.2) is 0 Å². The SMILES string of the molecule is COCCCN1CC2(CCN(C(=O)c3c[nH]c(=O)[nH]c3=O)CC2)CC1=O. The van der Waals surface area contributed by atoms with Crippen LogP contribution in [0, 0.1) is 5.41 Å². The van der Waals surface area contributed by atoms with Crippen molar-refractivity contribution >= 4 is 11.8 Å². The van der Waals surface area contributed by atoms with Gasteiger partial charge in [0.2, 0.25) is 5.91 Å². The molecule has 2 fully saturated rings. The Hall–Kier alpha value is -2.42. The van der Waals surface area contributed by atoms with E-state index in [2.05, 4.69) is 9.97 Å². The van der Waals surface area contributed by atoms with Gasteiger partial charge in [-0.1, -0.05) is 0 Å². The molecule has 2 aliphatic heterocycles. The fourth-order valence-electron chi connectivity index (χ4n) is 3.84. The predicted octanol–water partition coefficient (Wildman–Crippen LogP) is -0.446. The lowest BCUT2D eigenvalue weighted by Crippen LogP contribution is -2.46. The summed E-state index contributed by atoms with van der Waals surface area (Å²) in [4.78, 5) is 55.6. The Morgan fingerprint density at radius 2 is 2.00 bits per heavy atom. The predicted molar refractivity (Wildman–Crippen MR) is 92.9 cm³/mol. The topological polar surface area (TPSA) is 116 Å². The number of amides is 2. The fraction of sp³-hybridized carbons (Fsp3) is 0.647. The lowest BCUT2D eigenvalue weighted by Gasteiger charge is -2.38. The zero-order valence-electron chi connectivity index (χ0n) is 14.9. The number of nitrogens with one attached hydrogen (secondary N) is 2. The van der Waals surface area contributed by atoms with E-state index < -0.39 is 17.2 Å². The summed E-state index contributed by atoms with van der Waals surface area (Å²) in [6, 6.07) is 0. The van der Waals surface area contributed by atoms with Crippen LogP contribution < -0.4 is 11.2 Å². The van der Waals surface area contributed by atoms with Crippen molar-refractivity contribution in [2.75, 3.05) is 39.9 Å². The molecule has 0 aliphatic carbocycles. The Labute approximate surface area is 150 Å². The van der Waals surface area contributed by atoms with Crippen molar-refractivity contribution < 1.29 is 14.3 Å². The third-order valence-electron chi connectivity index (χ3n) is 5.34. The monoisotopic (exact) mass is 364 g/mol. The van der Waals surface area contributed by atoms with Crippen LogP contribution in [0.2, 0.25) is 0 Å². The second-order valence-corrected chi connectivity index (χ2v) is 7.12. The number of likely N-dealkylation sites (tertiary alicyclic amines) is 2. The van der Waals surface area contributed by atoms with Crippen LogP contribution in [0.15, 0.2) is 15.8 Å². The van der Waals surface area contributed by atoms with Gasteiger partial charge in [0.1, 0.15) is 5.56 Å². The number of aromatic nitrogens is 2. The van der Waals surface area contributed by atoms with Crippen LogP contribution in [0.5, 0.6) is 0 Å². The van der Waals surface area contributed by atoms with Crippen LogP contribution in [0.25, 0.3) is 0 Å². The molecule has 142 valence electrons. The molecule has 0 radical (unpaired) electrons. The highest BCUT2D eigenvalue weighted by molar-refractivity contribution is 5.93. The van der Waals surface area contributed by atoms with Gasteiger partial charge in [-0.25, -0.2) is 4.79 Å². The van der Waals surface area contributed by atoms with E-state index in [9.17, 15) is 19.2 Å². The van der Waals surface area contributed by atoms with Gasteiger partial charge < -0.3 is 19.5 Å². The Bertz CT molecular complexity index is 791. The van der Waals surface area contributed by atoms with Gasteiger partial charge in [-0.2, -0.15) is 0 Å². The van der Waals surface area contributed by atoms with Crippen molar-refractivity contribution in [1.82, 2.24) is 19.8 Å². The highest BCUT2D eigenvalue weighted by Crippen LogP contribution is 2.41. The van der Waals surface area contributed by atoms with Crippen LogP contribution in [0.3, 0.4) is 0 Å². The molecule has 1 aromatic heterocycles. The fourth-order valence-corrected chi connectivity index (χ4v) is 3.84. The zero-order chi connectivity index (χ0) is 18.7. The van der Waals surface area contributed by atoms with Crippen LogP contribution in [0.4, 0.5) is 0 Å². The average molecular weight is 364 g/mol. The van der Waals surface area contributed by atoms with Gasteiger partial charge in [0, 0.05) is 57.9 Å². The van der Waals surface area contributed by atoms with Gasteiger partial charge in [0.05, 0.1) is 0 Å². The summed E-state index contributed by atoms with van der Waals surface area (Å²) in [7, 11) is 1.65. The second kappa shape index (κ2) is 7.45.